The number of carbonyl (C=O) groups is 1. The summed E-state index contributed by atoms with van der Waals surface area (Å²) in [6, 6.07) is 9.72. The van der Waals surface area contributed by atoms with Gasteiger partial charge in [0.05, 0.1) is 5.57 Å². The molecule has 1 aromatic carbocycles. The maximum absolute atomic E-state index is 10.6. The first-order valence-electron chi connectivity index (χ1n) is 4.63. The molecule has 1 rings (SSSR count). The second-order valence-corrected chi connectivity index (χ2v) is 3.05. The Morgan fingerprint density at radius 3 is 2.60 bits per heavy atom. The summed E-state index contributed by atoms with van der Waals surface area (Å²) in [4.78, 5) is 10.6. The van der Waals surface area contributed by atoms with E-state index in [1.807, 2.05) is 30.3 Å². The number of nitrogens with one attached hydrogen (secondary N) is 1. The molecule has 0 spiro atoms. The number of carboxylic acids is 1. The van der Waals surface area contributed by atoms with Crippen molar-refractivity contribution in [2.45, 2.75) is 6.54 Å². The maximum atomic E-state index is 10.6. The summed E-state index contributed by atoms with van der Waals surface area (Å²) in [6.07, 6.45) is 1.44. The summed E-state index contributed by atoms with van der Waals surface area (Å²) in [6.45, 7) is 0.620. The van der Waals surface area contributed by atoms with Gasteiger partial charge in [-0.15, -0.1) is 0 Å². The number of nitrogens with two attached hydrogens (primary N) is 1. The molecule has 4 heteroatoms. The fourth-order valence-corrected chi connectivity index (χ4v) is 1.10. The molecule has 4 nitrogen and oxygen atoms in total. The summed E-state index contributed by atoms with van der Waals surface area (Å²) in [5.41, 5.74) is 6.53. The van der Waals surface area contributed by atoms with Gasteiger partial charge >= 0.3 is 5.97 Å². The van der Waals surface area contributed by atoms with E-state index in [2.05, 4.69) is 5.32 Å². The van der Waals surface area contributed by atoms with E-state index in [0.29, 0.717) is 6.54 Å². The van der Waals surface area contributed by atoms with Gasteiger partial charge < -0.3 is 16.2 Å². The first-order valence-corrected chi connectivity index (χ1v) is 4.63. The van der Waals surface area contributed by atoms with Crippen LogP contribution >= 0.6 is 0 Å². The number of carboxylic acid groups (broad SMARTS) is 1. The van der Waals surface area contributed by atoms with E-state index in [1.54, 1.807) is 0 Å². The topological polar surface area (TPSA) is 75.3 Å². The number of aliphatic carboxylic acids is 1. The molecule has 0 unspecified atom stereocenters. The average molecular weight is 206 g/mol. The van der Waals surface area contributed by atoms with Crippen LogP contribution in [-0.4, -0.2) is 17.6 Å². The van der Waals surface area contributed by atoms with Crippen molar-refractivity contribution in [2.24, 2.45) is 5.73 Å². The highest BCUT2D eigenvalue weighted by molar-refractivity contribution is 5.86. The molecule has 1 aromatic rings. The minimum absolute atomic E-state index is 0.0249. The highest BCUT2D eigenvalue weighted by Crippen LogP contribution is 1.97. The lowest BCUT2D eigenvalue weighted by Crippen LogP contribution is -2.16. The largest absolute Gasteiger partial charge is 0.478 e. The lowest BCUT2D eigenvalue weighted by Gasteiger charge is -2.02. The van der Waals surface area contributed by atoms with E-state index in [9.17, 15) is 4.79 Å². The molecule has 80 valence electrons. The first kappa shape index (κ1) is 11.3. The molecule has 0 radical (unpaired) electrons. The summed E-state index contributed by atoms with van der Waals surface area (Å²) in [7, 11) is 0. The third-order valence-electron chi connectivity index (χ3n) is 1.92. The molecule has 0 heterocycles. The smallest absolute Gasteiger partial charge is 0.334 e. The number of hydrogen-bond acceptors (Lipinski definition) is 3. The van der Waals surface area contributed by atoms with Gasteiger partial charge in [0.25, 0.3) is 0 Å². The Morgan fingerprint density at radius 1 is 1.40 bits per heavy atom. The third-order valence-corrected chi connectivity index (χ3v) is 1.92. The van der Waals surface area contributed by atoms with E-state index in [0.717, 1.165) is 5.56 Å². The van der Waals surface area contributed by atoms with Crippen molar-refractivity contribution in [1.82, 2.24) is 5.32 Å². The van der Waals surface area contributed by atoms with Crippen molar-refractivity contribution in [3.05, 3.63) is 47.7 Å². The molecule has 0 aliphatic heterocycles. The highest BCUT2D eigenvalue weighted by atomic mass is 16.4. The summed E-state index contributed by atoms with van der Waals surface area (Å²) in [5, 5.41) is 11.6. The Hall–Kier alpha value is -1.81. The Bertz CT molecular complexity index is 347. The zero-order valence-electron chi connectivity index (χ0n) is 8.31. The van der Waals surface area contributed by atoms with Crippen molar-refractivity contribution >= 4 is 5.97 Å². The van der Waals surface area contributed by atoms with Crippen LogP contribution in [0.2, 0.25) is 0 Å². The van der Waals surface area contributed by atoms with Crippen LogP contribution in [0.5, 0.6) is 0 Å². The Kier molecular flexibility index (Phi) is 4.37. The predicted octanol–water partition coefficient (Wildman–Crippen LogP) is 0.703. The van der Waals surface area contributed by atoms with Crippen molar-refractivity contribution in [1.29, 1.82) is 0 Å². The Labute approximate surface area is 88.4 Å². The van der Waals surface area contributed by atoms with Crippen molar-refractivity contribution < 1.29 is 9.90 Å². The predicted molar refractivity (Wildman–Crippen MR) is 58.1 cm³/mol. The van der Waals surface area contributed by atoms with Crippen LogP contribution < -0.4 is 11.1 Å². The van der Waals surface area contributed by atoms with Gasteiger partial charge in [-0.05, 0) is 5.56 Å². The highest BCUT2D eigenvalue weighted by Gasteiger charge is 2.02. The quantitative estimate of drug-likeness (QED) is 0.620. The van der Waals surface area contributed by atoms with E-state index in [1.165, 1.54) is 6.20 Å². The van der Waals surface area contributed by atoms with Crippen LogP contribution in [0.15, 0.2) is 42.1 Å². The molecular formula is C11H14N2O2. The molecule has 0 aliphatic rings. The third kappa shape index (κ3) is 3.83. The molecule has 0 bridgehead atoms. The zero-order valence-corrected chi connectivity index (χ0v) is 8.31. The van der Waals surface area contributed by atoms with Gasteiger partial charge in [-0.2, -0.15) is 0 Å². The van der Waals surface area contributed by atoms with Gasteiger partial charge in [0, 0.05) is 19.3 Å². The molecule has 0 amide bonds. The van der Waals surface area contributed by atoms with Crippen LogP contribution in [0, 0.1) is 0 Å². The van der Waals surface area contributed by atoms with Crippen LogP contribution in [0.4, 0.5) is 0 Å². The normalized spacial score (nSPS) is 11.1. The maximum Gasteiger partial charge on any atom is 0.334 e. The van der Waals surface area contributed by atoms with Crippen molar-refractivity contribution in [3.8, 4) is 0 Å². The summed E-state index contributed by atoms with van der Waals surface area (Å²) >= 11 is 0. The lowest BCUT2D eigenvalue weighted by atomic mass is 10.2. The van der Waals surface area contributed by atoms with Crippen LogP contribution in [0.1, 0.15) is 5.56 Å². The molecule has 0 saturated carbocycles. The van der Waals surface area contributed by atoms with E-state index >= 15 is 0 Å². The lowest BCUT2D eigenvalue weighted by molar-refractivity contribution is -0.132. The van der Waals surface area contributed by atoms with Crippen molar-refractivity contribution in [3.63, 3.8) is 0 Å². The molecular weight excluding hydrogens is 192 g/mol. The molecule has 4 N–H and O–H groups in total. The summed E-state index contributed by atoms with van der Waals surface area (Å²) < 4.78 is 0. The molecule has 0 fully saturated rings. The van der Waals surface area contributed by atoms with Gasteiger partial charge in [-0.1, -0.05) is 30.3 Å². The van der Waals surface area contributed by atoms with Gasteiger partial charge in [0.15, 0.2) is 0 Å². The SMILES string of the molecule is NC/C(=C\NCc1ccccc1)C(=O)O. The van der Waals surface area contributed by atoms with Gasteiger partial charge in [0.2, 0.25) is 0 Å². The van der Waals surface area contributed by atoms with Gasteiger partial charge in [0.1, 0.15) is 0 Å². The number of benzene rings is 1. The molecule has 15 heavy (non-hydrogen) atoms. The van der Waals surface area contributed by atoms with Crippen LogP contribution in [-0.2, 0) is 11.3 Å². The zero-order chi connectivity index (χ0) is 11.1. The van der Waals surface area contributed by atoms with E-state index in [-0.39, 0.29) is 12.1 Å². The molecule has 0 saturated heterocycles. The summed E-state index contributed by atoms with van der Waals surface area (Å²) in [5.74, 6) is -0.988. The average Bonchev–Trinajstić information content (AvgIpc) is 2.25. The van der Waals surface area contributed by atoms with E-state index in [4.69, 9.17) is 10.8 Å². The first-order chi connectivity index (χ1) is 7.24. The standard InChI is InChI=1S/C11H14N2O2/c12-6-10(11(14)15)8-13-7-9-4-2-1-3-5-9/h1-5,8,13H,6-7,12H2,(H,14,15)/b10-8+. The monoisotopic (exact) mass is 206 g/mol. The van der Waals surface area contributed by atoms with Crippen molar-refractivity contribution in [2.75, 3.05) is 6.54 Å². The fourth-order valence-electron chi connectivity index (χ4n) is 1.10. The van der Waals surface area contributed by atoms with Crippen LogP contribution in [0.25, 0.3) is 0 Å². The second-order valence-electron chi connectivity index (χ2n) is 3.05. The Morgan fingerprint density at radius 2 is 2.07 bits per heavy atom. The van der Waals surface area contributed by atoms with E-state index < -0.39 is 5.97 Å². The molecule has 0 aromatic heterocycles. The molecule has 0 atom stereocenters. The van der Waals surface area contributed by atoms with Gasteiger partial charge in [-0.3, -0.25) is 0 Å². The minimum Gasteiger partial charge on any atom is -0.478 e. The van der Waals surface area contributed by atoms with Crippen LogP contribution in [0.3, 0.4) is 0 Å². The molecule has 0 aliphatic carbocycles. The Balaban J connectivity index is 2.48. The number of rotatable bonds is 5. The minimum atomic E-state index is -0.988. The fraction of sp³-hybridized carbons (Fsp3) is 0.182. The second kappa shape index (κ2) is 5.82. The van der Waals surface area contributed by atoms with Gasteiger partial charge in [-0.25, -0.2) is 4.79 Å². The number of hydrogen-bond donors (Lipinski definition) is 3.